The van der Waals surface area contributed by atoms with Crippen LogP contribution < -0.4 is 35.6 Å². The van der Waals surface area contributed by atoms with E-state index in [9.17, 15) is 14.4 Å². The number of ether oxygens (including phenoxy) is 2. The van der Waals surface area contributed by atoms with E-state index in [1.807, 2.05) is 12.1 Å². The number of urea groups is 1. The van der Waals surface area contributed by atoms with Gasteiger partial charge in [0.25, 0.3) is 5.91 Å². The Kier molecular flexibility index (Phi) is 9.07. The zero-order chi connectivity index (χ0) is 32.9. The monoisotopic (exact) mass is 632 g/mol. The number of anilines is 5. The van der Waals surface area contributed by atoms with Crippen molar-refractivity contribution in [3.8, 4) is 11.5 Å². The zero-order valence-electron chi connectivity index (χ0n) is 26.4. The number of likely N-dealkylation sites (N-methyl/N-ethyl adjacent to an activating group) is 1. The lowest BCUT2D eigenvalue weighted by Gasteiger charge is -2.34. The molecule has 1 fully saturated rings. The van der Waals surface area contributed by atoms with E-state index in [1.54, 1.807) is 66.9 Å². The lowest BCUT2D eigenvalue weighted by atomic mass is 9.99. The molecule has 0 radical (unpaired) electrons. The molecule has 11 heteroatoms. The number of fused-ring (bicyclic) bond motifs is 1. The van der Waals surface area contributed by atoms with E-state index >= 15 is 0 Å². The Morgan fingerprint density at radius 1 is 0.809 bits per heavy atom. The maximum atomic E-state index is 13.5. The highest BCUT2D eigenvalue weighted by Crippen LogP contribution is 2.34. The number of hydrogen-bond donors (Lipinski definition) is 4. The Morgan fingerprint density at radius 2 is 1.57 bits per heavy atom. The first-order chi connectivity index (χ1) is 22.8. The number of hydrogen-bond acceptors (Lipinski definition) is 8. The topological polar surface area (TPSA) is 124 Å². The second-order valence-electron chi connectivity index (χ2n) is 11.3. The van der Waals surface area contributed by atoms with Crippen molar-refractivity contribution in [2.45, 2.75) is 0 Å². The molecular formula is C36H36N6O5. The van der Waals surface area contributed by atoms with Gasteiger partial charge in [-0.05, 0) is 61.6 Å². The largest absolute Gasteiger partial charge is 0.497 e. The highest BCUT2D eigenvalue weighted by atomic mass is 16.5. The third-order valence-corrected chi connectivity index (χ3v) is 8.22. The van der Waals surface area contributed by atoms with Gasteiger partial charge < -0.3 is 40.5 Å². The van der Waals surface area contributed by atoms with Crippen LogP contribution in [0, 0.1) is 0 Å². The summed E-state index contributed by atoms with van der Waals surface area (Å²) in [7, 11) is 5.18. The van der Waals surface area contributed by atoms with Crippen LogP contribution in [0.3, 0.4) is 0 Å². The van der Waals surface area contributed by atoms with Gasteiger partial charge in [0.2, 0.25) is 0 Å². The summed E-state index contributed by atoms with van der Waals surface area (Å²) in [5, 5.41) is 11.6. The van der Waals surface area contributed by atoms with Gasteiger partial charge in [-0.1, -0.05) is 24.3 Å². The minimum Gasteiger partial charge on any atom is -0.497 e. The SMILES string of the molecule is COc1ccc(OC)c(NC(=O)Nc2cccc(C(=O)c3ccc4c(c3)NC(=O)/C4=C/Nc3ccc(N4CCN(C)CC4)cc3)c2)c1. The van der Waals surface area contributed by atoms with Crippen LogP contribution in [0.5, 0.6) is 11.5 Å². The van der Waals surface area contributed by atoms with Crippen molar-refractivity contribution in [2.75, 3.05) is 73.6 Å². The summed E-state index contributed by atoms with van der Waals surface area (Å²) < 4.78 is 10.6. The van der Waals surface area contributed by atoms with Gasteiger partial charge in [-0.15, -0.1) is 0 Å². The van der Waals surface area contributed by atoms with Gasteiger partial charge in [-0.25, -0.2) is 4.79 Å². The third-order valence-electron chi connectivity index (χ3n) is 8.22. The molecule has 3 amide bonds. The van der Waals surface area contributed by atoms with Crippen LogP contribution in [0.2, 0.25) is 0 Å². The van der Waals surface area contributed by atoms with Crippen molar-refractivity contribution >= 4 is 51.7 Å². The normalized spacial score (nSPS) is 15.1. The first-order valence-electron chi connectivity index (χ1n) is 15.2. The van der Waals surface area contributed by atoms with Gasteiger partial charge >= 0.3 is 6.03 Å². The molecule has 0 atom stereocenters. The molecule has 11 nitrogen and oxygen atoms in total. The molecule has 0 bridgehead atoms. The Morgan fingerprint density at radius 3 is 2.32 bits per heavy atom. The van der Waals surface area contributed by atoms with Crippen molar-refractivity contribution in [3.63, 3.8) is 0 Å². The number of carbonyl (C=O) groups excluding carboxylic acids is 3. The molecule has 240 valence electrons. The summed E-state index contributed by atoms with van der Waals surface area (Å²) in [4.78, 5) is 43.8. The lowest BCUT2D eigenvalue weighted by molar-refractivity contribution is -0.110. The van der Waals surface area contributed by atoms with Gasteiger partial charge in [0, 0.05) is 77.9 Å². The maximum Gasteiger partial charge on any atom is 0.323 e. The fourth-order valence-corrected chi connectivity index (χ4v) is 5.57. The number of nitrogens with one attached hydrogen (secondary N) is 4. The van der Waals surface area contributed by atoms with Gasteiger partial charge in [-0.3, -0.25) is 9.59 Å². The van der Waals surface area contributed by atoms with Crippen LogP contribution in [0.4, 0.5) is 33.2 Å². The van der Waals surface area contributed by atoms with Gasteiger partial charge in [-0.2, -0.15) is 0 Å². The van der Waals surface area contributed by atoms with E-state index in [0.717, 1.165) is 31.9 Å². The fraction of sp³-hybridized carbons (Fsp3) is 0.194. The van der Waals surface area contributed by atoms with E-state index in [1.165, 1.54) is 19.9 Å². The number of benzene rings is 4. The Bertz CT molecular complexity index is 1850. The minimum atomic E-state index is -0.514. The molecule has 4 N–H and O–H groups in total. The van der Waals surface area contributed by atoms with Crippen LogP contribution >= 0.6 is 0 Å². The summed E-state index contributed by atoms with van der Waals surface area (Å²) >= 11 is 0. The molecule has 47 heavy (non-hydrogen) atoms. The summed E-state index contributed by atoms with van der Waals surface area (Å²) in [6.07, 6.45) is 1.69. The molecule has 6 rings (SSSR count). The van der Waals surface area contributed by atoms with Crippen LogP contribution in [0.15, 0.2) is 91.1 Å². The van der Waals surface area contributed by atoms with E-state index in [2.05, 4.69) is 50.2 Å². The summed E-state index contributed by atoms with van der Waals surface area (Å²) in [5.41, 5.74) is 5.42. The number of amides is 3. The van der Waals surface area contributed by atoms with Gasteiger partial charge in [0.1, 0.15) is 11.5 Å². The third kappa shape index (κ3) is 7.05. The Hall–Kier alpha value is -5.81. The molecule has 0 unspecified atom stereocenters. The Labute approximate surface area is 273 Å². The van der Waals surface area contributed by atoms with Gasteiger partial charge in [0.15, 0.2) is 5.78 Å². The fourth-order valence-electron chi connectivity index (χ4n) is 5.57. The summed E-state index contributed by atoms with van der Waals surface area (Å²) in [6, 6.07) is 24.5. The second kappa shape index (κ2) is 13.7. The zero-order valence-corrected chi connectivity index (χ0v) is 26.4. The molecule has 1 saturated heterocycles. The van der Waals surface area contributed by atoms with Crippen LogP contribution in [0.25, 0.3) is 5.57 Å². The predicted octanol–water partition coefficient (Wildman–Crippen LogP) is 5.74. The molecule has 2 aliphatic rings. The molecule has 2 heterocycles. The number of ketones is 1. The predicted molar refractivity (Wildman–Crippen MR) is 185 cm³/mol. The number of piperazine rings is 1. The van der Waals surface area contributed by atoms with E-state index < -0.39 is 6.03 Å². The standard InChI is InChI=1S/C36H36N6O5/c1-41-15-17-42(18-16-41)27-10-8-25(9-11-27)37-22-30-29-13-7-24(20-31(29)39-35(30)44)34(43)23-5-4-6-26(19-23)38-36(45)40-32-21-28(46-2)12-14-33(32)47-3/h4-14,19-22,37H,15-18H2,1-3H3,(H,39,44)(H2,38,40,45)/b30-22+. The minimum absolute atomic E-state index is 0.253. The summed E-state index contributed by atoms with van der Waals surface area (Å²) in [5.74, 6) is 0.523. The second-order valence-corrected chi connectivity index (χ2v) is 11.3. The van der Waals surface area contributed by atoms with Crippen LogP contribution in [-0.2, 0) is 4.79 Å². The first kappa shape index (κ1) is 31.2. The number of carbonyl (C=O) groups is 3. The van der Waals surface area contributed by atoms with Crippen molar-refractivity contribution < 1.29 is 23.9 Å². The van der Waals surface area contributed by atoms with Crippen molar-refractivity contribution in [1.82, 2.24) is 4.90 Å². The highest BCUT2D eigenvalue weighted by molar-refractivity contribution is 6.32. The van der Waals surface area contributed by atoms with Crippen molar-refractivity contribution in [1.29, 1.82) is 0 Å². The smallest absolute Gasteiger partial charge is 0.323 e. The van der Waals surface area contributed by atoms with Crippen molar-refractivity contribution in [3.05, 3.63) is 108 Å². The molecule has 0 aromatic heterocycles. The Balaban J connectivity index is 1.11. The number of methoxy groups -OCH3 is 2. The quantitative estimate of drug-likeness (QED) is 0.136. The number of nitrogens with zero attached hydrogens (tertiary/aromatic N) is 2. The number of rotatable bonds is 9. The van der Waals surface area contributed by atoms with Crippen LogP contribution in [-0.4, -0.2) is 70.1 Å². The molecule has 4 aromatic carbocycles. The van der Waals surface area contributed by atoms with E-state index in [-0.39, 0.29) is 11.7 Å². The van der Waals surface area contributed by atoms with Crippen LogP contribution in [0.1, 0.15) is 21.5 Å². The average Bonchev–Trinajstić information content (AvgIpc) is 3.41. The molecular weight excluding hydrogens is 596 g/mol. The van der Waals surface area contributed by atoms with E-state index in [4.69, 9.17) is 9.47 Å². The van der Waals surface area contributed by atoms with Gasteiger partial charge in [0.05, 0.1) is 25.5 Å². The van der Waals surface area contributed by atoms with E-state index in [0.29, 0.717) is 50.8 Å². The molecule has 0 saturated carbocycles. The molecule has 0 aliphatic carbocycles. The molecule has 4 aromatic rings. The molecule has 0 spiro atoms. The lowest BCUT2D eigenvalue weighted by Crippen LogP contribution is -2.44. The molecule has 2 aliphatic heterocycles. The average molecular weight is 633 g/mol. The first-order valence-corrected chi connectivity index (χ1v) is 15.2. The highest BCUT2D eigenvalue weighted by Gasteiger charge is 2.25. The van der Waals surface area contributed by atoms with Crippen molar-refractivity contribution in [2.24, 2.45) is 0 Å². The maximum absolute atomic E-state index is 13.5. The summed E-state index contributed by atoms with van der Waals surface area (Å²) in [6.45, 7) is 4.07.